The van der Waals surface area contributed by atoms with Gasteiger partial charge in [-0.3, -0.25) is 9.36 Å². The predicted octanol–water partition coefficient (Wildman–Crippen LogP) is 3.55. The fourth-order valence-corrected chi connectivity index (χ4v) is 4.29. The molecule has 0 N–H and O–H groups in total. The number of alkyl halides is 1. The van der Waals surface area contributed by atoms with Gasteiger partial charge in [-0.2, -0.15) is 0 Å². The molecule has 0 aromatic heterocycles. The van der Waals surface area contributed by atoms with Gasteiger partial charge in [0.25, 0.3) is 0 Å². The molecule has 1 fully saturated rings. The van der Waals surface area contributed by atoms with Crippen molar-refractivity contribution < 1.29 is 23.1 Å². The van der Waals surface area contributed by atoms with E-state index in [1.54, 1.807) is 27.7 Å². The number of carbonyl (C=O) groups is 1. The molecule has 1 saturated carbocycles. The first-order chi connectivity index (χ1) is 8.78. The molecule has 0 spiro atoms. The smallest absolute Gasteiger partial charge is 0.371 e. The molecule has 1 aliphatic rings. The number of hydrogen-bond donors (Lipinski definition) is 0. The van der Waals surface area contributed by atoms with E-state index in [0.717, 1.165) is 12.8 Å². The Kier molecular flexibility index (Phi) is 6.31. The van der Waals surface area contributed by atoms with E-state index >= 15 is 0 Å². The van der Waals surface area contributed by atoms with Crippen LogP contribution in [0.15, 0.2) is 0 Å². The monoisotopic (exact) mass is 312 g/mol. The Balaban J connectivity index is 2.89. The van der Waals surface area contributed by atoms with Gasteiger partial charge in [0.05, 0.1) is 12.2 Å². The van der Waals surface area contributed by atoms with Crippen LogP contribution < -0.4 is 0 Å². The van der Waals surface area contributed by atoms with E-state index < -0.39 is 19.4 Å². The summed E-state index contributed by atoms with van der Waals surface area (Å²) in [6, 6.07) is 0. The van der Waals surface area contributed by atoms with Crippen molar-refractivity contribution in [1.82, 2.24) is 0 Å². The molecule has 0 bridgehead atoms. The first-order valence-electron chi connectivity index (χ1n) is 6.50. The van der Waals surface area contributed by atoms with E-state index in [4.69, 9.17) is 25.4 Å². The molecule has 0 amide bonds. The Morgan fingerprint density at radius 1 is 1.21 bits per heavy atom. The van der Waals surface area contributed by atoms with Crippen LogP contribution in [0.5, 0.6) is 0 Å². The standard InChI is InChI=1S/C12H22ClO5P/c1-8(2)17-19(15,18-9(3)4)12(10-5-6-10)16-11(14)7-13/h8-10,12H,5-7H2,1-4H3. The van der Waals surface area contributed by atoms with E-state index in [1.165, 1.54) is 0 Å². The first-order valence-corrected chi connectivity index (χ1v) is 8.65. The third-order valence-electron chi connectivity index (χ3n) is 2.41. The lowest BCUT2D eigenvalue weighted by Crippen LogP contribution is -2.26. The van der Waals surface area contributed by atoms with E-state index in [0.29, 0.717) is 0 Å². The van der Waals surface area contributed by atoms with Crippen molar-refractivity contribution >= 4 is 25.2 Å². The minimum Gasteiger partial charge on any atom is -0.448 e. The summed E-state index contributed by atoms with van der Waals surface area (Å²) < 4.78 is 29.0. The molecule has 1 atom stereocenters. The van der Waals surface area contributed by atoms with Crippen LogP contribution in [0.4, 0.5) is 0 Å². The van der Waals surface area contributed by atoms with Crippen molar-refractivity contribution in [1.29, 1.82) is 0 Å². The summed E-state index contributed by atoms with van der Waals surface area (Å²) >= 11 is 5.44. The van der Waals surface area contributed by atoms with Crippen molar-refractivity contribution in [2.45, 2.75) is 58.6 Å². The fraction of sp³-hybridized carbons (Fsp3) is 0.917. The first kappa shape index (κ1) is 17.0. The van der Waals surface area contributed by atoms with Crippen LogP contribution in [-0.2, 0) is 23.1 Å². The van der Waals surface area contributed by atoms with Crippen molar-refractivity contribution in [2.24, 2.45) is 5.92 Å². The molecule has 0 aromatic rings. The highest BCUT2D eigenvalue weighted by molar-refractivity contribution is 7.54. The van der Waals surface area contributed by atoms with Crippen LogP contribution in [0.3, 0.4) is 0 Å². The molecule has 19 heavy (non-hydrogen) atoms. The van der Waals surface area contributed by atoms with Gasteiger partial charge < -0.3 is 13.8 Å². The van der Waals surface area contributed by atoms with Crippen LogP contribution in [0.25, 0.3) is 0 Å². The maximum atomic E-state index is 12.9. The Hall–Kier alpha value is -0.0900. The van der Waals surface area contributed by atoms with Crippen molar-refractivity contribution in [3.63, 3.8) is 0 Å². The Morgan fingerprint density at radius 3 is 2.00 bits per heavy atom. The van der Waals surface area contributed by atoms with E-state index in [9.17, 15) is 9.36 Å². The maximum absolute atomic E-state index is 12.9. The highest BCUT2D eigenvalue weighted by Crippen LogP contribution is 2.61. The third-order valence-corrected chi connectivity index (χ3v) is 5.21. The molecule has 5 nitrogen and oxygen atoms in total. The SMILES string of the molecule is CC(C)OP(=O)(OC(C)C)C(OC(=O)CCl)C1CC1. The lowest BCUT2D eigenvalue weighted by Gasteiger charge is -2.29. The van der Waals surface area contributed by atoms with E-state index in [1.807, 2.05) is 0 Å². The summed E-state index contributed by atoms with van der Waals surface area (Å²) in [4.78, 5) is 11.4. The summed E-state index contributed by atoms with van der Waals surface area (Å²) in [5, 5.41) is 0. The highest BCUT2D eigenvalue weighted by atomic mass is 35.5. The van der Waals surface area contributed by atoms with Crippen LogP contribution in [0.1, 0.15) is 40.5 Å². The van der Waals surface area contributed by atoms with Crippen molar-refractivity contribution in [2.75, 3.05) is 5.88 Å². The number of halogens is 1. The second-order valence-corrected chi connectivity index (χ2v) is 7.48. The lowest BCUT2D eigenvalue weighted by molar-refractivity contribution is -0.144. The van der Waals surface area contributed by atoms with Crippen molar-refractivity contribution in [3.05, 3.63) is 0 Å². The number of ether oxygens (including phenoxy) is 1. The van der Waals surface area contributed by atoms with E-state index in [2.05, 4.69) is 0 Å². The molecule has 0 aliphatic heterocycles. The second kappa shape index (κ2) is 7.07. The summed E-state index contributed by atoms with van der Waals surface area (Å²) in [5.41, 5.74) is 0. The number of esters is 1. The third kappa shape index (κ3) is 5.42. The molecular formula is C12H22ClO5P. The Morgan fingerprint density at radius 2 is 1.68 bits per heavy atom. The molecule has 0 aromatic carbocycles. The van der Waals surface area contributed by atoms with Crippen LogP contribution in [-0.4, -0.2) is 29.9 Å². The van der Waals surface area contributed by atoms with Gasteiger partial charge >= 0.3 is 13.6 Å². The Labute approximate surface area is 119 Å². The topological polar surface area (TPSA) is 61.8 Å². The normalized spacial score (nSPS) is 17.8. The van der Waals surface area contributed by atoms with Gasteiger partial charge in [-0.15, -0.1) is 11.6 Å². The van der Waals surface area contributed by atoms with Gasteiger partial charge in [-0.1, -0.05) is 0 Å². The van der Waals surface area contributed by atoms with Gasteiger partial charge in [0.2, 0.25) is 5.85 Å². The second-order valence-electron chi connectivity index (χ2n) is 5.20. The average Bonchev–Trinajstić information content (AvgIpc) is 3.06. The Bertz CT molecular complexity index is 340. The molecule has 112 valence electrons. The molecule has 1 aliphatic carbocycles. The molecular weight excluding hydrogens is 291 g/mol. The van der Waals surface area contributed by atoms with Gasteiger partial charge in [0.1, 0.15) is 5.88 Å². The molecule has 0 radical (unpaired) electrons. The van der Waals surface area contributed by atoms with E-state index in [-0.39, 0.29) is 24.0 Å². The minimum absolute atomic E-state index is 0.0375. The summed E-state index contributed by atoms with van der Waals surface area (Å²) in [6.45, 7) is 7.07. The van der Waals surface area contributed by atoms with Crippen LogP contribution >= 0.6 is 19.2 Å². The zero-order valence-corrected chi connectivity index (χ0v) is 13.4. The lowest BCUT2D eigenvalue weighted by atomic mass is 10.4. The van der Waals surface area contributed by atoms with Crippen LogP contribution in [0, 0.1) is 5.92 Å². The predicted molar refractivity (Wildman–Crippen MR) is 73.4 cm³/mol. The summed E-state index contributed by atoms with van der Waals surface area (Å²) in [7, 11) is -3.50. The van der Waals surface area contributed by atoms with Gasteiger partial charge in [-0.05, 0) is 40.5 Å². The quantitative estimate of drug-likeness (QED) is 0.389. The van der Waals surface area contributed by atoms with Crippen molar-refractivity contribution in [3.8, 4) is 0 Å². The van der Waals surface area contributed by atoms with Gasteiger partial charge in [0, 0.05) is 5.92 Å². The number of carbonyl (C=O) groups excluding carboxylic acids is 1. The number of rotatable bonds is 8. The van der Waals surface area contributed by atoms with Gasteiger partial charge in [0.15, 0.2) is 0 Å². The van der Waals surface area contributed by atoms with Crippen LogP contribution in [0.2, 0.25) is 0 Å². The summed E-state index contributed by atoms with van der Waals surface area (Å²) in [5.74, 6) is -1.68. The fourth-order valence-electron chi connectivity index (χ4n) is 1.70. The zero-order valence-electron chi connectivity index (χ0n) is 11.8. The molecule has 1 rings (SSSR count). The average molecular weight is 313 g/mol. The van der Waals surface area contributed by atoms with Gasteiger partial charge in [-0.25, -0.2) is 0 Å². The summed E-state index contributed by atoms with van der Waals surface area (Å²) in [6.07, 6.45) is 1.15. The number of hydrogen-bond acceptors (Lipinski definition) is 5. The largest absolute Gasteiger partial charge is 0.448 e. The molecule has 0 saturated heterocycles. The molecule has 1 unspecified atom stereocenters. The maximum Gasteiger partial charge on any atom is 0.371 e. The minimum atomic E-state index is -3.50. The zero-order chi connectivity index (χ0) is 14.6. The molecule has 7 heteroatoms. The highest BCUT2D eigenvalue weighted by Gasteiger charge is 2.49. The molecule has 0 heterocycles.